The van der Waals surface area contributed by atoms with E-state index in [-0.39, 0.29) is 6.10 Å². The molecule has 0 aliphatic carbocycles. The number of furan rings is 1. The highest BCUT2D eigenvalue weighted by Crippen LogP contribution is 2.35. The van der Waals surface area contributed by atoms with Crippen LogP contribution < -0.4 is 20.1 Å². The summed E-state index contributed by atoms with van der Waals surface area (Å²) in [5.41, 5.74) is 2.20. The summed E-state index contributed by atoms with van der Waals surface area (Å²) in [6.07, 6.45) is 2.80. The third-order valence-electron chi connectivity index (χ3n) is 4.06. The minimum Gasteiger partial charge on any atom is -0.496 e. The lowest BCUT2D eigenvalue weighted by molar-refractivity contribution is 0.254. The molecule has 1 aromatic carbocycles. The summed E-state index contributed by atoms with van der Waals surface area (Å²) in [4.78, 5) is 4.65. The predicted molar refractivity (Wildman–Crippen MR) is 97.2 cm³/mol. The Hall–Kier alpha value is -2.63. The smallest absolute Gasteiger partial charge is 0.191 e. The van der Waals surface area contributed by atoms with Crippen LogP contribution in [0.1, 0.15) is 30.7 Å². The van der Waals surface area contributed by atoms with Crippen molar-refractivity contribution in [1.29, 1.82) is 0 Å². The first-order valence-electron chi connectivity index (χ1n) is 8.60. The number of hydrogen-bond donors (Lipinski definition) is 2. The topological polar surface area (TPSA) is 68.0 Å². The molecule has 0 amide bonds. The summed E-state index contributed by atoms with van der Waals surface area (Å²) in [6.45, 7) is 5.98. The molecule has 0 spiro atoms. The number of aliphatic imine (C=N–C) groups is 1. The van der Waals surface area contributed by atoms with E-state index in [0.29, 0.717) is 13.1 Å². The lowest BCUT2D eigenvalue weighted by atomic mass is 10.1. The van der Waals surface area contributed by atoms with Gasteiger partial charge >= 0.3 is 0 Å². The van der Waals surface area contributed by atoms with E-state index >= 15 is 0 Å². The van der Waals surface area contributed by atoms with Crippen molar-refractivity contribution in [2.24, 2.45) is 4.99 Å². The first-order chi connectivity index (χ1) is 12.2. The second kappa shape index (κ2) is 7.96. The lowest BCUT2D eigenvalue weighted by Gasteiger charge is -2.12. The third-order valence-corrected chi connectivity index (χ3v) is 4.06. The fourth-order valence-electron chi connectivity index (χ4n) is 2.89. The number of ether oxygens (including phenoxy) is 2. The largest absolute Gasteiger partial charge is 0.496 e. The minimum atomic E-state index is 0.214. The SMILES string of the molecule is CCNC(=NCc1cc2c(cc1OC)CC(C)O2)NCc1ccco1. The number of rotatable bonds is 6. The van der Waals surface area contributed by atoms with Gasteiger partial charge in [-0.3, -0.25) is 0 Å². The first-order valence-corrected chi connectivity index (χ1v) is 8.60. The second-order valence-electron chi connectivity index (χ2n) is 6.03. The predicted octanol–water partition coefficient (Wildman–Crippen LogP) is 2.87. The van der Waals surface area contributed by atoms with Crippen molar-refractivity contribution >= 4 is 5.96 Å². The molecule has 1 unspecified atom stereocenters. The number of nitrogens with one attached hydrogen (secondary N) is 2. The van der Waals surface area contributed by atoms with Gasteiger partial charge in [0.15, 0.2) is 5.96 Å². The van der Waals surface area contributed by atoms with Gasteiger partial charge in [0.05, 0.1) is 26.5 Å². The van der Waals surface area contributed by atoms with Crippen LogP contribution in [-0.2, 0) is 19.5 Å². The van der Waals surface area contributed by atoms with E-state index in [9.17, 15) is 0 Å². The van der Waals surface area contributed by atoms with Crippen LogP contribution in [0, 0.1) is 0 Å². The van der Waals surface area contributed by atoms with E-state index in [4.69, 9.17) is 13.9 Å². The number of methoxy groups -OCH3 is 1. The maximum Gasteiger partial charge on any atom is 0.191 e. The van der Waals surface area contributed by atoms with Crippen molar-refractivity contribution in [3.63, 3.8) is 0 Å². The summed E-state index contributed by atoms with van der Waals surface area (Å²) >= 11 is 0. The molecule has 2 heterocycles. The summed E-state index contributed by atoms with van der Waals surface area (Å²) in [6, 6.07) is 7.90. The molecular formula is C19H25N3O3. The Morgan fingerprint density at radius 3 is 2.96 bits per heavy atom. The first kappa shape index (κ1) is 17.2. The summed E-state index contributed by atoms with van der Waals surface area (Å²) < 4.78 is 16.7. The van der Waals surface area contributed by atoms with Gasteiger partial charge in [0.1, 0.15) is 23.4 Å². The van der Waals surface area contributed by atoms with Gasteiger partial charge in [-0.2, -0.15) is 0 Å². The molecule has 0 bridgehead atoms. The molecule has 6 nitrogen and oxygen atoms in total. The van der Waals surface area contributed by atoms with Gasteiger partial charge in [-0.1, -0.05) is 0 Å². The number of hydrogen-bond acceptors (Lipinski definition) is 4. The number of benzene rings is 1. The normalized spacial score (nSPS) is 16.3. The van der Waals surface area contributed by atoms with Gasteiger partial charge in [-0.05, 0) is 38.1 Å². The molecular weight excluding hydrogens is 318 g/mol. The highest BCUT2D eigenvalue weighted by Gasteiger charge is 2.21. The fourth-order valence-corrected chi connectivity index (χ4v) is 2.89. The zero-order chi connectivity index (χ0) is 17.6. The zero-order valence-electron chi connectivity index (χ0n) is 15.0. The molecule has 0 saturated carbocycles. The van der Waals surface area contributed by atoms with Gasteiger partial charge in [-0.25, -0.2) is 4.99 Å². The maximum atomic E-state index is 5.85. The summed E-state index contributed by atoms with van der Waals surface area (Å²) in [7, 11) is 1.69. The monoisotopic (exact) mass is 343 g/mol. The Morgan fingerprint density at radius 2 is 2.24 bits per heavy atom. The Morgan fingerprint density at radius 1 is 1.36 bits per heavy atom. The van der Waals surface area contributed by atoms with Crippen LogP contribution in [0.15, 0.2) is 39.9 Å². The third kappa shape index (κ3) is 4.26. The molecule has 1 atom stereocenters. The maximum absolute atomic E-state index is 5.85. The summed E-state index contributed by atoms with van der Waals surface area (Å²) in [5, 5.41) is 6.50. The van der Waals surface area contributed by atoms with Crippen molar-refractivity contribution in [2.75, 3.05) is 13.7 Å². The van der Waals surface area contributed by atoms with Gasteiger partial charge in [0, 0.05) is 24.1 Å². The van der Waals surface area contributed by atoms with E-state index < -0.39 is 0 Å². The molecule has 0 fully saturated rings. The highest BCUT2D eigenvalue weighted by molar-refractivity contribution is 5.79. The minimum absolute atomic E-state index is 0.214. The molecule has 1 aromatic heterocycles. The van der Waals surface area contributed by atoms with Crippen LogP contribution in [0.2, 0.25) is 0 Å². The molecule has 25 heavy (non-hydrogen) atoms. The van der Waals surface area contributed by atoms with Crippen LogP contribution in [0.25, 0.3) is 0 Å². The molecule has 2 N–H and O–H groups in total. The van der Waals surface area contributed by atoms with E-state index in [1.165, 1.54) is 5.56 Å². The van der Waals surface area contributed by atoms with Crippen molar-refractivity contribution in [3.8, 4) is 11.5 Å². The molecule has 0 radical (unpaired) electrons. The van der Waals surface area contributed by atoms with Crippen LogP contribution >= 0.6 is 0 Å². The van der Waals surface area contributed by atoms with Crippen LogP contribution in [0.4, 0.5) is 0 Å². The Kier molecular flexibility index (Phi) is 5.48. The van der Waals surface area contributed by atoms with Crippen LogP contribution in [0.3, 0.4) is 0 Å². The molecule has 0 saturated heterocycles. The van der Waals surface area contributed by atoms with Crippen molar-refractivity contribution in [3.05, 3.63) is 47.4 Å². The van der Waals surface area contributed by atoms with E-state index in [0.717, 1.165) is 41.7 Å². The summed E-state index contributed by atoms with van der Waals surface area (Å²) in [5.74, 6) is 3.38. The van der Waals surface area contributed by atoms with E-state index in [1.807, 2.05) is 25.1 Å². The average molecular weight is 343 g/mol. The highest BCUT2D eigenvalue weighted by atomic mass is 16.5. The number of nitrogens with zero attached hydrogens (tertiary/aromatic N) is 1. The van der Waals surface area contributed by atoms with Gasteiger partial charge < -0.3 is 24.5 Å². The van der Waals surface area contributed by atoms with Gasteiger partial charge in [0.25, 0.3) is 0 Å². The molecule has 1 aliphatic rings. The Labute approximate surface area is 148 Å². The molecule has 134 valence electrons. The van der Waals surface area contributed by atoms with E-state index in [2.05, 4.69) is 28.6 Å². The van der Waals surface area contributed by atoms with Crippen LogP contribution in [-0.4, -0.2) is 25.7 Å². The van der Waals surface area contributed by atoms with E-state index in [1.54, 1.807) is 13.4 Å². The van der Waals surface area contributed by atoms with Crippen LogP contribution in [0.5, 0.6) is 11.5 Å². The standard InChI is InChI=1S/C19H25N3O3/c1-4-20-19(22-12-16-6-5-7-24-16)21-11-15-10-18-14(8-13(2)25-18)9-17(15)23-3/h5-7,9-10,13H,4,8,11-12H2,1-3H3,(H2,20,21,22). The van der Waals surface area contributed by atoms with Gasteiger partial charge in [-0.15, -0.1) is 0 Å². The molecule has 6 heteroatoms. The Balaban J connectivity index is 1.72. The molecule has 2 aromatic rings. The van der Waals surface area contributed by atoms with Crippen molar-refractivity contribution in [1.82, 2.24) is 10.6 Å². The molecule has 1 aliphatic heterocycles. The van der Waals surface area contributed by atoms with Gasteiger partial charge in [0.2, 0.25) is 0 Å². The second-order valence-corrected chi connectivity index (χ2v) is 6.03. The molecule has 3 rings (SSSR count). The number of fused-ring (bicyclic) bond motifs is 1. The average Bonchev–Trinajstić information content (AvgIpc) is 3.24. The van der Waals surface area contributed by atoms with Crippen molar-refractivity contribution in [2.45, 2.75) is 39.5 Å². The lowest BCUT2D eigenvalue weighted by Crippen LogP contribution is -2.36. The number of guanidine groups is 1. The quantitative estimate of drug-likeness (QED) is 0.623. The van der Waals surface area contributed by atoms with Crippen molar-refractivity contribution < 1.29 is 13.9 Å². The fraction of sp³-hybridized carbons (Fsp3) is 0.421. The zero-order valence-corrected chi connectivity index (χ0v) is 15.0. The Bertz CT molecular complexity index is 726.